The van der Waals surface area contributed by atoms with Gasteiger partial charge in [-0.3, -0.25) is 4.98 Å². The normalized spacial score (nSPS) is 15.5. The molecule has 0 amide bonds. The summed E-state index contributed by atoms with van der Waals surface area (Å²) >= 11 is 0. The van der Waals surface area contributed by atoms with Crippen LogP contribution in [0.3, 0.4) is 0 Å². The smallest absolute Gasteiger partial charge is 0.320 e. The first kappa shape index (κ1) is 24.2. The van der Waals surface area contributed by atoms with Crippen molar-refractivity contribution in [2.75, 3.05) is 7.05 Å². The van der Waals surface area contributed by atoms with E-state index in [1.807, 2.05) is 6.07 Å². The first-order valence-electron chi connectivity index (χ1n) is 10.7. The predicted molar refractivity (Wildman–Crippen MR) is 120 cm³/mol. The number of aromatic nitrogens is 3. The Morgan fingerprint density at radius 2 is 1.82 bits per heavy atom. The van der Waals surface area contributed by atoms with E-state index in [9.17, 15) is 26.9 Å². The lowest BCUT2D eigenvalue weighted by Gasteiger charge is -2.31. The van der Waals surface area contributed by atoms with E-state index in [0.29, 0.717) is 11.4 Å². The molecular weight excluding hydrogens is 467 g/mol. The van der Waals surface area contributed by atoms with Gasteiger partial charge in [-0.25, -0.2) is 13.4 Å². The van der Waals surface area contributed by atoms with E-state index in [0.717, 1.165) is 31.5 Å². The molecule has 1 aliphatic carbocycles. The number of hydrogen-bond donors (Lipinski definition) is 0. The minimum atomic E-state index is -4.60. The third-order valence-corrected chi connectivity index (χ3v) is 8.41. The molecule has 1 fully saturated rings. The van der Waals surface area contributed by atoms with Crippen molar-refractivity contribution in [2.24, 2.45) is 0 Å². The molecule has 1 saturated carbocycles. The third-order valence-electron chi connectivity index (χ3n) is 6.30. The minimum Gasteiger partial charge on any atom is -0.320 e. The monoisotopic (exact) mass is 491 g/mol. The second-order valence-corrected chi connectivity index (χ2v) is 11.4. The van der Waals surface area contributed by atoms with Crippen molar-refractivity contribution in [3.63, 3.8) is 0 Å². The van der Waals surface area contributed by atoms with Gasteiger partial charge in [0.15, 0.2) is 0 Å². The van der Waals surface area contributed by atoms with Gasteiger partial charge in [-0.05, 0) is 58.2 Å². The lowest BCUT2D eigenvalue weighted by molar-refractivity contribution is -0.137. The highest BCUT2D eigenvalue weighted by Crippen LogP contribution is 2.42. The maximum atomic E-state index is 13.3. The van der Waals surface area contributed by atoms with Gasteiger partial charge in [-0.1, -0.05) is 0 Å². The first-order chi connectivity index (χ1) is 15.8. The molecule has 0 aliphatic heterocycles. The number of sulfonamides is 1. The molecule has 11 heteroatoms. The largest absolute Gasteiger partial charge is 0.417 e. The fourth-order valence-corrected chi connectivity index (χ4v) is 5.36. The van der Waals surface area contributed by atoms with Gasteiger partial charge in [0.25, 0.3) is 0 Å². The molecule has 0 unspecified atom stereocenters. The standard InChI is InChI=1S/C23H24F3N5O2S/c1-22(2,3)30(4)34(32,33)16-8-9-19(28-13-16)20-18(11-27)17-10-14(23(24,25)26)12-29-21(17)31(20)15-6-5-7-15/h8-10,12-13,15H,5-7H2,1-4H3. The van der Waals surface area contributed by atoms with Crippen LogP contribution in [-0.2, 0) is 16.2 Å². The van der Waals surface area contributed by atoms with Gasteiger partial charge in [0.05, 0.1) is 22.5 Å². The van der Waals surface area contributed by atoms with Crippen molar-refractivity contribution >= 4 is 21.1 Å². The van der Waals surface area contributed by atoms with Crippen molar-refractivity contribution in [2.45, 2.75) is 62.7 Å². The van der Waals surface area contributed by atoms with Crippen molar-refractivity contribution < 1.29 is 21.6 Å². The molecule has 3 aromatic heterocycles. The molecule has 1 aliphatic rings. The summed E-state index contributed by atoms with van der Waals surface area (Å²) in [6.45, 7) is 5.31. The van der Waals surface area contributed by atoms with Crippen LogP contribution in [0.25, 0.3) is 22.4 Å². The summed E-state index contributed by atoms with van der Waals surface area (Å²) in [5.74, 6) is 0. The molecule has 0 N–H and O–H groups in total. The van der Waals surface area contributed by atoms with Gasteiger partial charge in [0, 0.05) is 36.4 Å². The molecule has 34 heavy (non-hydrogen) atoms. The topological polar surface area (TPSA) is 91.9 Å². The Morgan fingerprint density at radius 3 is 2.29 bits per heavy atom. The Bertz CT molecular complexity index is 1390. The number of fused-ring (bicyclic) bond motifs is 1. The molecule has 0 saturated heterocycles. The number of hydrogen-bond acceptors (Lipinski definition) is 5. The van der Waals surface area contributed by atoms with Crippen LogP contribution in [0.4, 0.5) is 13.2 Å². The fourth-order valence-electron chi connectivity index (χ4n) is 3.90. The molecule has 0 atom stereocenters. The lowest BCUT2D eigenvalue weighted by Crippen LogP contribution is -2.42. The number of pyridine rings is 2. The van der Waals surface area contributed by atoms with Crippen molar-refractivity contribution in [3.8, 4) is 17.5 Å². The molecule has 0 radical (unpaired) electrons. The number of nitriles is 1. The van der Waals surface area contributed by atoms with Crippen molar-refractivity contribution in [3.05, 3.63) is 41.7 Å². The van der Waals surface area contributed by atoms with E-state index in [4.69, 9.17) is 0 Å². The van der Waals surface area contributed by atoms with E-state index < -0.39 is 27.3 Å². The zero-order valence-corrected chi connectivity index (χ0v) is 20.0. The molecule has 180 valence electrons. The van der Waals surface area contributed by atoms with Gasteiger partial charge in [-0.2, -0.15) is 22.7 Å². The number of halogens is 3. The SMILES string of the molecule is CN(C(C)(C)C)S(=O)(=O)c1ccc(-c2c(C#N)c3cc(C(F)(F)F)cnc3n2C2CCC2)nc1. The zero-order valence-electron chi connectivity index (χ0n) is 19.2. The van der Waals surface area contributed by atoms with Crippen LogP contribution >= 0.6 is 0 Å². The molecular formula is C23H24F3N5O2S. The highest BCUT2D eigenvalue weighted by atomic mass is 32.2. The van der Waals surface area contributed by atoms with Crippen LogP contribution in [0.5, 0.6) is 0 Å². The molecule has 0 aromatic carbocycles. The summed E-state index contributed by atoms with van der Waals surface area (Å²) in [6, 6.07) is 5.83. The zero-order chi connectivity index (χ0) is 25.1. The van der Waals surface area contributed by atoms with E-state index in [-0.39, 0.29) is 27.5 Å². The van der Waals surface area contributed by atoms with Crippen LogP contribution in [0, 0.1) is 11.3 Å². The molecule has 3 aromatic rings. The third kappa shape index (κ3) is 3.95. The maximum absolute atomic E-state index is 13.3. The summed E-state index contributed by atoms with van der Waals surface area (Å²) in [6.07, 6.45) is -0.0598. The van der Waals surface area contributed by atoms with Crippen molar-refractivity contribution in [1.82, 2.24) is 18.8 Å². The van der Waals surface area contributed by atoms with Crippen molar-refractivity contribution in [1.29, 1.82) is 5.26 Å². The Kier molecular flexibility index (Phi) is 5.73. The van der Waals surface area contributed by atoms with E-state index >= 15 is 0 Å². The molecule has 0 spiro atoms. The van der Waals surface area contributed by atoms with E-state index in [1.165, 1.54) is 29.7 Å². The second kappa shape index (κ2) is 8.06. The summed E-state index contributed by atoms with van der Waals surface area (Å²) in [5.41, 5.74) is -0.613. The van der Waals surface area contributed by atoms with Crippen LogP contribution in [0.15, 0.2) is 35.5 Å². The highest BCUT2D eigenvalue weighted by Gasteiger charge is 2.35. The minimum absolute atomic E-state index is 0.0176. The second-order valence-electron chi connectivity index (χ2n) is 9.41. The highest BCUT2D eigenvalue weighted by molar-refractivity contribution is 7.89. The number of nitrogens with zero attached hydrogens (tertiary/aromatic N) is 5. The maximum Gasteiger partial charge on any atom is 0.417 e. The Hall–Kier alpha value is -2.97. The van der Waals surface area contributed by atoms with Gasteiger partial charge in [0.1, 0.15) is 16.6 Å². The Labute approximate surface area is 195 Å². The molecule has 7 nitrogen and oxygen atoms in total. The summed E-state index contributed by atoms with van der Waals surface area (Å²) in [5, 5.41) is 10.0. The van der Waals surface area contributed by atoms with Crippen LogP contribution in [0.2, 0.25) is 0 Å². The molecule has 3 heterocycles. The van der Waals surface area contributed by atoms with E-state index in [1.54, 1.807) is 25.3 Å². The van der Waals surface area contributed by atoms with Gasteiger partial charge < -0.3 is 4.57 Å². The molecule has 0 bridgehead atoms. The summed E-state index contributed by atoms with van der Waals surface area (Å²) < 4.78 is 68.9. The van der Waals surface area contributed by atoms with Gasteiger partial charge in [0.2, 0.25) is 10.0 Å². The quantitative estimate of drug-likeness (QED) is 0.504. The number of rotatable bonds is 4. The van der Waals surface area contributed by atoms with Crippen LogP contribution in [0.1, 0.15) is 57.2 Å². The predicted octanol–water partition coefficient (Wildman–Crippen LogP) is 5.13. The van der Waals surface area contributed by atoms with E-state index in [2.05, 4.69) is 9.97 Å². The van der Waals surface area contributed by atoms with Gasteiger partial charge >= 0.3 is 6.18 Å². The number of alkyl halides is 3. The van der Waals surface area contributed by atoms with Crippen LogP contribution in [-0.4, -0.2) is 39.8 Å². The first-order valence-corrected chi connectivity index (χ1v) is 12.2. The average molecular weight is 492 g/mol. The average Bonchev–Trinajstić information content (AvgIpc) is 3.04. The summed E-state index contributed by atoms with van der Waals surface area (Å²) in [7, 11) is -2.33. The molecule has 4 rings (SSSR count). The Morgan fingerprint density at radius 1 is 1.15 bits per heavy atom. The van der Waals surface area contributed by atoms with Gasteiger partial charge in [-0.15, -0.1) is 0 Å². The summed E-state index contributed by atoms with van der Waals surface area (Å²) in [4.78, 5) is 8.38. The fraction of sp³-hybridized carbons (Fsp3) is 0.435. The lowest BCUT2D eigenvalue weighted by atomic mass is 9.92. The van der Waals surface area contributed by atoms with Crippen LogP contribution < -0.4 is 0 Å². The Balaban J connectivity index is 1.90.